The Balaban J connectivity index is 1.62. The van der Waals surface area contributed by atoms with Crippen LogP contribution in [-0.4, -0.2) is 15.9 Å². The third kappa shape index (κ3) is 4.06. The number of rotatable bonds is 5. The van der Waals surface area contributed by atoms with Gasteiger partial charge in [0, 0.05) is 22.8 Å². The molecule has 0 aliphatic heterocycles. The third-order valence-corrected chi connectivity index (χ3v) is 4.70. The molecule has 3 rings (SSSR count). The molecule has 0 fully saturated rings. The molecular weight excluding hydrogens is 318 g/mol. The normalized spacial score (nSPS) is 11.9. The maximum absolute atomic E-state index is 12.2. The van der Waals surface area contributed by atoms with E-state index in [4.69, 9.17) is 0 Å². The highest BCUT2D eigenvalue weighted by Crippen LogP contribution is 2.25. The first kappa shape index (κ1) is 16.3. The van der Waals surface area contributed by atoms with E-state index in [9.17, 15) is 4.79 Å². The smallest absolute Gasteiger partial charge is 0.225 e. The van der Waals surface area contributed by atoms with Gasteiger partial charge in [-0.3, -0.25) is 9.78 Å². The Morgan fingerprint density at radius 1 is 1.21 bits per heavy atom. The van der Waals surface area contributed by atoms with Crippen LogP contribution in [0.1, 0.15) is 29.2 Å². The van der Waals surface area contributed by atoms with Crippen LogP contribution in [0.2, 0.25) is 0 Å². The molecule has 4 nitrogen and oxygen atoms in total. The number of hydrogen-bond acceptors (Lipinski definition) is 4. The largest absolute Gasteiger partial charge is 0.347 e. The molecule has 0 spiro atoms. The first-order chi connectivity index (χ1) is 11.6. The molecule has 0 unspecified atom stereocenters. The Kier molecular flexibility index (Phi) is 5.01. The topological polar surface area (TPSA) is 54.9 Å². The van der Waals surface area contributed by atoms with Crippen LogP contribution in [0.5, 0.6) is 0 Å². The molecule has 0 saturated heterocycles. The molecule has 122 valence electrons. The number of carbonyl (C=O) groups excluding carboxylic acids is 1. The zero-order valence-corrected chi connectivity index (χ0v) is 14.5. The Morgan fingerprint density at radius 3 is 2.71 bits per heavy atom. The lowest BCUT2D eigenvalue weighted by Crippen LogP contribution is -2.28. The number of aryl methyl sites for hydroxylation is 1. The molecule has 1 aromatic carbocycles. The van der Waals surface area contributed by atoms with Gasteiger partial charge in [-0.05, 0) is 25.5 Å². The quantitative estimate of drug-likeness (QED) is 0.767. The van der Waals surface area contributed by atoms with Gasteiger partial charge in [0.1, 0.15) is 5.01 Å². The van der Waals surface area contributed by atoms with Gasteiger partial charge < -0.3 is 5.32 Å². The van der Waals surface area contributed by atoms with Crippen LogP contribution in [0.25, 0.3) is 11.3 Å². The maximum atomic E-state index is 12.2. The number of amides is 1. The predicted octanol–water partition coefficient (Wildman–Crippen LogP) is 3.93. The van der Waals surface area contributed by atoms with E-state index >= 15 is 0 Å². The number of pyridine rings is 1. The van der Waals surface area contributed by atoms with E-state index in [1.54, 1.807) is 17.5 Å². The van der Waals surface area contributed by atoms with Gasteiger partial charge in [0.25, 0.3) is 0 Å². The summed E-state index contributed by atoms with van der Waals surface area (Å²) in [6.45, 7) is 3.89. The van der Waals surface area contributed by atoms with Crippen LogP contribution in [-0.2, 0) is 11.2 Å². The van der Waals surface area contributed by atoms with Gasteiger partial charge in [0.2, 0.25) is 5.91 Å². The maximum Gasteiger partial charge on any atom is 0.225 e. The molecule has 1 atom stereocenters. The number of nitrogens with zero attached hydrogens (tertiary/aromatic N) is 2. The van der Waals surface area contributed by atoms with Crippen molar-refractivity contribution >= 4 is 17.2 Å². The van der Waals surface area contributed by atoms with E-state index in [1.807, 2.05) is 61.7 Å². The number of benzene rings is 1. The summed E-state index contributed by atoms with van der Waals surface area (Å²) in [6, 6.07) is 13.8. The fourth-order valence-electron chi connectivity index (χ4n) is 2.37. The molecule has 1 amide bonds. The highest BCUT2D eigenvalue weighted by Gasteiger charge is 2.14. The predicted molar refractivity (Wildman–Crippen MR) is 96.8 cm³/mol. The van der Waals surface area contributed by atoms with E-state index in [0.29, 0.717) is 6.42 Å². The minimum atomic E-state index is -0.113. The summed E-state index contributed by atoms with van der Waals surface area (Å²) in [7, 11) is 0. The van der Waals surface area contributed by atoms with Crippen molar-refractivity contribution in [2.75, 3.05) is 0 Å². The molecule has 0 radical (unpaired) electrons. The van der Waals surface area contributed by atoms with Crippen LogP contribution < -0.4 is 5.32 Å². The van der Waals surface area contributed by atoms with Gasteiger partial charge in [-0.25, -0.2) is 4.98 Å². The lowest BCUT2D eigenvalue weighted by Gasteiger charge is -2.11. The van der Waals surface area contributed by atoms with Crippen molar-refractivity contribution in [2.24, 2.45) is 0 Å². The number of hydrogen-bond donors (Lipinski definition) is 1. The van der Waals surface area contributed by atoms with Gasteiger partial charge in [-0.1, -0.05) is 36.4 Å². The Labute approximate surface area is 145 Å². The first-order valence-corrected chi connectivity index (χ1v) is 8.71. The standard InChI is InChI=1S/C19H19N3OS/c1-13-8-9-15(11-20-13)10-18(23)21-14(2)19-22-17(12-24-19)16-6-4-3-5-7-16/h3-9,11-12,14H,10H2,1-2H3,(H,21,23)/t14-/m0/s1. The van der Waals surface area contributed by atoms with E-state index in [0.717, 1.165) is 27.5 Å². The van der Waals surface area contributed by atoms with Crippen molar-refractivity contribution in [3.05, 3.63) is 70.3 Å². The fraction of sp³-hybridized carbons (Fsp3) is 0.211. The SMILES string of the molecule is Cc1ccc(CC(=O)N[C@@H](C)c2nc(-c3ccccc3)cs2)cn1. The van der Waals surface area contributed by atoms with Gasteiger partial charge in [-0.15, -0.1) is 11.3 Å². The Hall–Kier alpha value is -2.53. The van der Waals surface area contributed by atoms with Crippen LogP contribution in [0.15, 0.2) is 54.0 Å². The monoisotopic (exact) mass is 337 g/mol. The first-order valence-electron chi connectivity index (χ1n) is 7.83. The van der Waals surface area contributed by atoms with Crippen molar-refractivity contribution in [2.45, 2.75) is 26.3 Å². The summed E-state index contributed by atoms with van der Waals surface area (Å²) < 4.78 is 0. The van der Waals surface area contributed by atoms with E-state index < -0.39 is 0 Å². The average molecular weight is 337 g/mol. The molecule has 0 bridgehead atoms. The van der Waals surface area contributed by atoms with Crippen molar-refractivity contribution in [3.8, 4) is 11.3 Å². The lowest BCUT2D eigenvalue weighted by atomic mass is 10.2. The zero-order chi connectivity index (χ0) is 16.9. The highest BCUT2D eigenvalue weighted by atomic mass is 32.1. The van der Waals surface area contributed by atoms with Crippen LogP contribution in [0, 0.1) is 6.92 Å². The number of nitrogens with one attached hydrogen (secondary N) is 1. The Bertz CT molecular complexity index is 812. The summed E-state index contributed by atoms with van der Waals surface area (Å²) >= 11 is 1.56. The van der Waals surface area contributed by atoms with Crippen LogP contribution in [0.4, 0.5) is 0 Å². The van der Waals surface area contributed by atoms with Crippen LogP contribution >= 0.6 is 11.3 Å². The summed E-state index contributed by atoms with van der Waals surface area (Å²) in [5.74, 6) is -0.0235. The second-order valence-electron chi connectivity index (χ2n) is 5.71. The molecule has 2 heterocycles. The molecular formula is C19H19N3OS. The molecule has 24 heavy (non-hydrogen) atoms. The summed E-state index contributed by atoms with van der Waals surface area (Å²) in [5, 5.41) is 5.94. The molecule has 3 aromatic rings. The lowest BCUT2D eigenvalue weighted by molar-refractivity contribution is -0.121. The number of thiazole rings is 1. The molecule has 5 heteroatoms. The van der Waals surface area contributed by atoms with E-state index in [2.05, 4.69) is 15.3 Å². The Morgan fingerprint density at radius 2 is 2.00 bits per heavy atom. The highest BCUT2D eigenvalue weighted by molar-refractivity contribution is 7.10. The second kappa shape index (κ2) is 7.36. The van der Waals surface area contributed by atoms with Gasteiger partial charge in [-0.2, -0.15) is 0 Å². The average Bonchev–Trinajstić information content (AvgIpc) is 3.08. The van der Waals surface area contributed by atoms with Gasteiger partial charge in [0.05, 0.1) is 18.2 Å². The number of aromatic nitrogens is 2. The van der Waals surface area contributed by atoms with E-state index in [-0.39, 0.29) is 11.9 Å². The van der Waals surface area contributed by atoms with Crippen molar-refractivity contribution in [1.29, 1.82) is 0 Å². The zero-order valence-electron chi connectivity index (χ0n) is 13.7. The summed E-state index contributed by atoms with van der Waals surface area (Å²) in [4.78, 5) is 21.1. The van der Waals surface area contributed by atoms with Crippen molar-refractivity contribution in [1.82, 2.24) is 15.3 Å². The summed E-state index contributed by atoms with van der Waals surface area (Å²) in [5.41, 5.74) is 3.89. The number of carbonyl (C=O) groups is 1. The van der Waals surface area contributed by atoms with E-state index in [1.165, 1.54) is 0 Å². The molecule has 0 aliphatic carbocycles. The molecule has 2 aromatic heterocycles. The molecule has 0 saturated carbocycles. The van der Waals surface area contributed by atoms with Gasteiger partial charge >= 0.3 is 0 Å². The minimum absolute atomic E-state index is 0.0235. The molecule has 1 N–H and O–H groups in total. The summed E-state index contributed by atoms with van der Waals surface area (Å²) in [6.07, 6.45) is 2.07. The minimum Gasteiger partial charge on any atom is -0.347 e. The van der Waals surface area contributed by atoms with Crippen molar-refractivity contribution in [3.63, 3.8) is 0 Å². The van der Waals surface area contributed by atoms with Crippen LogP contribution in [0.3, 0.4) is 0 Å². The fourth-order valence-corrected chi connectivity index (χ4v) is 3.21. The third-order valence-electron chi connectivity index (χ3n) is 3.68. The molecule has 0 aliphatic rings. The van der Waals surface area contributed by atoms with Gasteiger partial charge in [0.15, 0.2) is 0 Å². The van der Waals surface area contributed by atoms with Crippen molar-refractivity contribution < 1.29 is 4.79 Å². The second-order valence-corrected chi connectivity index (χ2v) is 6.60.